The molecule has 3 heterocycles. The van der Waals surface area contributed by atoms with E-state index in [4.69, 9.17) is 4.98 Å². The van der Waals surface area contributed by atoms with Crippen molar-refractivity contribution in [3.63, 3.8) is 0 Å². The third kappa shape index (κ3) is 2.07. The molecule has 100 valence electrons. The highest BCUT2D eigenvalue weighted by molar-refractivity contribution is 5.84. The van der Waals surface area contributed by atoms with Crippen LogP contribution in [0.5, 0.6) is 0 Å². The summed E-state index contributed by atoms with van der Waals surface area (Å²) in [5.74, 6) is 0. The Morgan fingerprint density at radius 1 is 0.857 bits per heavy atom. The molecule has 1 aromatic carbocycles. The van der Waals surface area contributed by atoms with Gasteiger partial charge in [0, 0.05) is 28.9 Å². The highest BCUT2D eigenvalue weighted by Gasteiger charge is 2.11. The number of hydrogen-bond acceptors (Lipinski definition) is 3. The van der Waals surface area contributed by atoms with Gasteiger partial charge in [0.05, 0.1) is 23.1 Å². The Morgan fingerprint density at radius 2 is 1.71 bits per heavy atom. The van der Waals surface area contributed by atoms with Crippen LogP contribution in [0.15, 0.2) is 67.1 Å². The van der Waals surface area contributed by atoms with Crippen molar-refractivity contribution in [1.29, 1.82) is 0 Å². The number of pyridine rings is 2. The largest absolute Gasteiger partial charge is 0.277 e. The van der Waals surface area contributed by atoms with E-state index < -0.39 is 0 Å². The number of nitrogens with one attached hydrogen (secondary N) is 1. The molecule has 4 nitrogen and oxygen atoms in total. The van der Waals surface area contributed by atoms with Crippen LogP contribution in [-0.2, 0) is 0 Å². The molecule has 0 aliphatic carbocycles. The van der Waals surface area contributed by atoms with Gasteiger partial charge in [0.1, 0.15) is 0 Å². The highest BCUT2D eigenvalue weighted by Crippen LogP contribution is 2.29. The zero-order valence-electron chi connectivity index (χ0n) is 11.2. The van der Waals surface area contributed by atoms with Crippen LogP contribution in [0.25, 0.3) is 33.4 Å². The molecule has 3 aromatic heterocycles. The van der Waals surface area contributed by atoms with Crippen molar-refractivity contribution < 1.29 is 0 Å². The van der Waals surface area contributed by atoms with Crippen LogP contribution < -0.4 is 0 Å². The van der Waals surface area contributed by atoms with Crippen LogP contribution in [0.1, 0.15) is 0 Å². The van der Waals surface area contributed by atoms with Gasteiger partial charge in [-0.05, 0) is 24.3 Å². The Bertz CT molecular complexity index is 897. The Labute approximate surface area is 121 Å². The average molecular weight is 272 g/mol. The van der Waals surface area contributed by atoms with Crippen LogP contribution in [0.2, 0.25) is 0 Å². The number of aromatic amines is 1. The van der Waals surface area contributed by atoms with E-state index in [1.165, 1.54) is 0 Å². The Balaban J connectivity index is 1.88. The Kier molecular flexibility index (Phi) is 2.71. The summed E-state index contributed by atoms with van der Waals surface area (Å²) in [5, 5.41) is 8.35. The molecule has 1 N–H and O–H groups in total. The summed E-state index contributed by atoms with van der Waals surface area (Å²) in [5.41, 5.74) is 4.89. The number of H-pyrrole nitrogens is 1. The van der Waals surface area contributed by atoms with Gasteiger partial charge in [0.25, 0.3) is 0 Å². The molecule has 21 heavy (non-hydrogen) atoms. The van der Waals surface area contributed by atoms with E-state index in [-0.39, 0.29) is 0 Å². The summed E-state index contributed by atoms with van der Waals surface area (Å²) in [6.45, 7) is 0. The highest BCUT2D eigenvalue weighted by atomic mass is 15.1. The number of fused-ring (bicyclic) bond motifs is 1. The van der Waals surface area contributed by atoms with Crippen molar-refractivity contribution in [2.24, 2.45) is 0 Å². The molecule has 4 aromatic rings. The minimum Gasteiger partial charge on any atom is -0.277 e. The third-order valence-electron chi connectivity index (χ3n) is 3.48. The van der Waals surface area contributed by atoms with E-state index >= 15 is 0 Å². The van der Waals surface area contributed by atoms with Gasteiger partial charge >= 0.3 is 0 Å². The van der Waals surface area contributed by atoms with E-state index in [2.05, 4.69) is 27.3 Å². The van der Waals surface area contributed by atoms with E-state index in [1.54, 1.807) is 12.4 Å². The van der Waals surface area contributed by atoms with Crippen LogP contribution in [-0.4, -0.2) is 20.2 Å². The van der Waals surface area contributed by atoms with Crippen molar-refractivity contribution in [3.05, 3.63) is 67.1 Å². The van der Waals surface area contributed by atoms with Gasteiger partial charge in [-0.3, -0.25) is 10.1 Å². The summed E-state index contributed by atoms with van der Waals surface area (Å²) in [6, 6.07) is 16.1. The maximum absolute atomic E-state index is 4.73. The zero-order chi connectivity index (χ0) is 14.1. The van der Waals surface area contributed by atoms with Gasteiger partial charge in [0.2, 0.25) is 0 Å². The van der Waals surface area contributed by atoms with E-state index in [0.29, 0.717) is 0 Å². The van der Waals surface area contributed by atoms with Crippen LogP contribution in [0.4, 0.5) is 0 Å². The molecule has 0 atom stereocenters. The monoisotopic (exact) mass is 272 g/mol. The second kappa shape index (κ2) is 4.83. The molecule has 0 bridgehead atoms. The fourth-order valence-electron chi connectivity index (χ4n) is 2.44. The number of aromatic nitrogens is 4. The fourth-order valence-corrected chi connectivity index (χ4v) is 2.44. The van der Waals surface area contributed by atoms with Crippen molar-refractivity contribution in [1.82, 2.24) is 20.2 Å². The number of nitrogens with zero attached hydrogens (tertiary/aromatic N) is 3. The standard InChI is InChI=1S/C17H12N4/c1-2-4-15-12(3-1)5-6-16(20-15)14-11-19-21-17(14)13-7-9-18-10-8-13/h1-11H,(H,19,21). The molecule has 4 rings (SSSR count). The second-order valence-corrected chi connectivity index (χ2v) is 4.78. The van der Waals surface area contributed by atoms with Gasteiger partial charge in [-0.15, -0.1) is 0 Å². The molecule has 0 saturated carbocycles. The molecule has 0 unspecified atom stereocenters. The van der Waals surface area contributed by atoms with E-state index in [0.717, 1.165) is 33.4 Å². The molecule has 0 aliphatic rings. The SMILES string of the molecule is c1ccc2nc(-c3cn[nH]c3-c3ccncc3)ccc2c1. The molecule has 0 spiro atoms. The predicted octanol–water partition coefficient (Wildman–Crippen LogP) is 3.69. The molecule has 4 heteroatoms. The van der Waals surface area contributed by atoms with Crippen LogP contribution >= 0.6 is 0 Å². The topological polar surface area (TPSA) is 54.5 Å². The molecule has 0 amide bonds. The number of para-hydroxylation sites is 1. The molecular weight excluding hydrogens is 260 g/mol. The number of hydrogen-bond donors (Lipinski definition) is 1. The average Bonchev–Trinajstić information content (AvgIpc) is 3.05. The van der Waals surface area contributed by atoms with Crippen molar-refractivity contribution in [3.8, 4) is 22.5 Å². The van der Waals surface area contributed by atoms with Gasteiger partial charge in [-0.25, -0.2) is 4.98 Å². The Morgan fingerprint density at radius 3 is 2.62 bits per heavy atom. The minimum atomic E-state index is 0.911. The predicted molar refractivity (Wildman–Crippen MR) is 82.6 cm³/mol. The maximum Gasteiger partial charge on any atom is 0.0747 e. The van der Waals surface area contributed by atoms with Crippen molar-refractivity contribution >= 4 is 10.9 Å². The lowest BCUT2D eigenvalue weighted by Crippen LogP contribution is -1.87. The maximum atomic E-state index is 4.73. The van der Waals surface area contributed by atoms with Crippen molar-refractivity contribution in [2.45, 2.75) is 0 Å². The van der Waals surface area contributed by atoms with Crippen LogP contribution in [0.3, 0.4) is 0 Å². The first-order valence-corrected chi connectivity index (χ1v) is 6.72. The lowest BCUT2D eigenvalue weighted by molar-refractivity contribution is 1.09. The number of rotatable bonds is 2. The van der Waals surface area contributed by atoms with E-state index in [9.17, 15) is 0 Å². The lowest BCUT2D eigenvalue weighted by atomic mass is 10.1. The first-order valence-electron chi connectivity index (χ1n) is 6.72. The fraction of sp³-hybridized carbons (Fsp3) is 0. The quantitative estimate of drug-likeness (QED) is 0.605. The summed E-state index contributed by atoms with van der Waals surface area (Å²) < 4.78 is 0. The Hall–Kier alpha value is -3.01. The normalized spacial score (nSPS) is 10.9. The van der Waals surface area contributed by atoms with Crippen molar-refractivity contribution in [2.75, 3.05) is 0 Å². The molecule has 0 radical (unpaired) electrons. The summed E-state index contributed by atoms with van der Waals surface area (Å²) in [4.78, 5) is 8.78. The van der Waals surface area contributed by atoms with Gasteiger partial charge in [-0.2, -0.15) is 5.10 Å². The first-order chi connectivity index (χ1) is 10.4. The van der Waals surface area contributed by atoms with Gasteiger partial charge in [-0.1, -0.05) is 24.3 Å². The zero-order valence-corrected chi connectivity index (χ0v) is 11.2. The van der Waals surface area contributed by atoms with Gasteiger partial charge < -0.3 is 0 Å². The van der Waals surface area contributed by atoms with Gasteiger partial charge in [0.15, 0.2) is 0 Å². The second-order valence-electron chi connectivity index (χ2n) is 4.78. The summed E-state index contributed by atoms with van der Waals surface area (Å²) in [6.07, 6.45) is 5.36. The summed E-state index contributed by atoms with van der Waals surface area (Å²) in [7, 11) is 0. The van der Waals surface area contributed by atoms with E-state index in [1.807, 2.05) is 42.6 Å². The minimum absolute atomic E-state index is 0.911. The lowest BCUT2D eigenvalue weighted by Gasteiger charge is -2.04. The first kappa shape index (κ1) is 11.8. The molecule has 0 aliphatic heterocycles. The van der Waals surface area contributed by atoms with Crippen LogP contribution in [0, 0.1) is 0 Å². The summed E-state index contributed by atoms with van der Waals surface area (Å²) >= 11 is 0. The smallest absolute Gasteiger partial charge is 0.0747 e. The third-order valence-corrected chi connectivity index (χ3v) is 3.48. The molecule has 0 fully saturated rings. The number of benzene rings is 1. The molecule has 0 saturated heterocycles. The molecular formula is C17H12N4.